The normalized spacial score (nSPS) is 10.3. The minimum atomic E-state index is -0.452. The van der Waals surface area contributed by atoms with E-state index in [0.717, 1.165) is 11.5 Å². The number of esters is 1. The van der Waals surface area contributed by atoms with Gasteiger partial charge in [0.2, 0.25) is 0 Å². The molecule has 0 atom stereocenters. The summed E-state index contributed by atoms with van der Waals surface area (Å²) in [6.07, 6.45) is 2.83. The molecule has 0 aliphatic heterocycles. The lowest BCUT2D eigenvalue weighted by atomic mass is 10.3. The molecule has 0 saturated heterocycles. The van der Waals surface area contributed by atoms with Crippen molar-refractivity contribution in [2.45, 2.75) is 17.7 Å². The van der Waals surface area contributed by atoms with Crippen LogP contribution < -0.4 is 0 Å². The minimum absolute atomic E-state index is 0.348. The number of rotatable bonds is 4. The quantitative estimate of drug-likeness (QED) is 0.474. The van der Waals surface area contributed by atoms with Crippen LogP contribution in [0.15, 0.2) is 28.1 Å². The first kappa shape index (κ1) is 12.6. The van der Waals surface area contributed by atoms with Crippen LogP contribution in [0, 0.1) is 6.92 Å². The van der Waals surface area contributed by atoms with Crippen molar-refractivity contribution in [1.82, 2.24) is 15.1 Å². The molecule has 0 spiro atoms. The van der Waals surface area contributed by atoms with Gasteiger partial charge in [0, 0.05) is 12.3 Å². The molecule has 18 heavy (non-hydrogen) atoms. The van der Waals surface area contributed by atoms with Crippen molar-refractivity contribution in [3.63, 3.8) is 0 Å². The zero-order chi connectivity index (χ0) is 13.0. The number of thioether (sulfide) groups is 1. The highest BCUT2D eigenvalue weighted by atomic mass is 32.2. The minimum Gasteiger partial charge on any atom is -0.465 e. The van der Waals surface area contributed by atoms with Crippen molar-refractivity contribution in [2.24, 2.45) is 0 Å². The monoisotopic (exact) mass is 265 g/mol. The summed E-state index contributed by atoms with van der Waals surface area (Å²) in [6, 6.07) is 1.84. The summed E-state index contributed by atoms with van der Waals surface area (Å²) >= 11 is 1.37. The highest BCUT2D eigenvalue weighted by Crippen LogP contribution is 2.24. The van der Waals surface area contributed by atoms with Crippen LogP contribution in [0.3, 0.4) is 0 Å². The van der Waals surface area contributed by atoms with Gasteiger partial charge in [-0.1, -0.05) is 16.9 Å². The Hall–Kier alpha value is -1.89. The molecule has 0 fully saturated rings. The number of carbonyl (C=O) groups excluding carboxylic acids is 1. The lowest BCUT2D eigenvalue weighted by Gasteiger charge is -2.03. The summed E-state index contributed by atoms with van der Waals surface area (Å²) in [7, 11) is 1.32. The van der Waals surface area contributed by atoms with Gasteiger partial charge in [-0.05, 0) is 6.92 Å². The van der Waals surface area contributed by atoms with Crippen LogP contribution >= 0.6 is 11.8 Å². The van der Waals surface area contributed by atoms with Crippen LogP contribution in [-0.4, -0.2) is 28.2 Å². The van der Waals surface area contributed by atoms with Crippen molar-refractivity contribution in [2.75, 3.05) is 7.11 Å². The van der Waals surface area contributed by atoms with E-state index in [1.807, 2.05) is 13.0 Å². The van der Waals surface area contributed by atoms with E-state index in [2.05, 4.69) is 19.9 Å². The maximum Gasteiger partial charge on any atom is 0.342 e. The fourth-order valence-electron chi connectivity index (χ4n) is 1.31. The average molecular weight is 265 g/mol. The Balaban J connectivity index is 2.11. The van der Waals surface area contributed by atoms with Crippen LogP contribution in [0.4, 0.5) is 0 Å². The van der Waals surface area contributed by atoms with E-state index in [4.69, 9.17) is 4.52 Å². The van der Waals surface area contributed by atoms with Crippen molar-refractivity contribution < 1.29 is 14.1 Å². The molecule has 7 heteroatoms. The molecule has 0 aliphatic rings. The number of hydrogen-bond donors (Lipinski definition) is 0. The first-order valence-electron chi connectivity index (χ1n) is 5.14. The van der Waals surface area contributed by atoms with Gasteiger partial charge in [0.15, 0.2) is 0 Å². The molecule has 0 amide bonds. The fourth-order valence-corrected chi connectivity index (χ4v) is 2.14. The second kappa shape index (κ2) is 5.63. The Morgan fingerprint density at radius 3 is 3.06 bits per heavy atom. The van der Waals surface area contributed by atoms with E-state index in [1.165, 1.54) is 31.4 Å². The van der Waals surface area contributed by atoms with Gasteiger partial charge in [0.05, 0.1) is 18.6 Å². The summed E-state index contributed by atoms with van der Waals surface area (Å²) in [5, 5.41) is 4.35. The predicted molar refractivity (Wildman–Crippen MR) is 64.2 cm³/mol. The second-order valence-electron chi connectivity index (χ2n) is 3.46. The molecular weight excluding hydrogens is 254 g/mol. The van der Waals surface area contributed by atoms with Crippen LogP contribution in [0.5, 0.6) is 0 Å². The summed E-state index contributed by atoms with van der Waals surface area (Å²) in [5.74, 6) is 0.820. The second-order valence-corrected chi connectivity index (χ2v) is 4.42. The molecule has 2 rings (SSSR count). The molecule has 2 heterocycles. The van der Waals surface area contributed by atoms with E-state index >= 15 is 0 Å². The SMILES string of the molecule is COC(=O)c1cncnc1SCc1cc(C)no1. The van der Waals surface area contributed by atoms with E-state index in [1.54, 1.807) is 0 Å². The van der Waals surface area contributed by atoms with Gasteiger partial charge in [0.1, 0.15) is 22.7 Å². The molecule has 0 aliphatic carbocycles. The predicted octanol–water partition coefficient (Wildman–Crippen LogP) is 1.85. The zero-order valence-electron chi connectivity index (χ0n) is 9.91. The third kappa shape index (κ3) is 2.86. The fraction of sp³-hybridized carbons (Fsp3) is 0.273. The molecular formula is C11H11N3O3S. The lowest BCUT2D eigenvalue weighted by molar-refractivity contribution is 0.0595. The van der Waals surface area contributed by atoms with Gasteiger partial charge in [-0.2, -0.15) is 0 Å². The molecule has 0 N–H and O–H groups in total. The molecule has 2 aromatic rings. The number of aryl methyl sites for hydroxylation is 1. The third-order valence-corrected chi connectivity index (χ3v) is 3.14. The first-order chi connectivity index (χ1) is 8.70. The van der Waals surface area contributed by atoms with Crippen molar-refractivity contribution in [3.05, 3.63) is 35.6 Å². The Bertz CT molecular complexity index is 556. The number of methoxy groups -OCH3 is 1. The van der Waals surface area contributed by atoms with E-state index in [-0.39, 0.29) is 0 Å². The summed E-state index contributed by atoms with van der Waals surface area (Å²) in [4.78, 5) is 19.4. The molecule has 6 nitrogen and oxygen atoms in total. The standard InChI is InChI=1S/C11H11N3O3S/c1-7-3-8(17-14-7)5-18-10-9(11(15)16-2)4-12-6-13-10/h3-4,6H,5H2,1-2H3. The van der Waals surface area contributed by atoms with Crippen LogP contribution in [0.2, 0.25) is 0 Å². The Morgan fingerprint density at radius 2 is 2.39 bits per heavy atom. The number of hydrogen-bond acceptors (Lipinski definition) is 7. The van der Waals surface area contributed by atoms with Crippen LogP contribution in [0.1, 0.15) is 21.8 Å². The number of ether oxygens (including phenoxy) is 1. The third-order valence-electron chi connectivity index (χ3n) is 2.11. The molecule has 0 unspecified atom stereocenters. The van der Waals surface area contributed by atoms with E-state index in [0.29, 0.717) is 16.3 Å². The number of carbonyl (C=O) groups is 1. The van der Waals surface area contributed by atoms with E-state index < -0.39 is 5.97 Å². The molecule has 94 valence electrons. The van der Waals surface area contributed by atoms with Crippen molar-refractivity contribution in [3.8, 4) is 0 Å². The number of aromatic nitrogens is 3. The van der Waals surface area contributed by atoms with Gasteiger partial charge < -0.3 is 9.26 Å². The molecule has 0 bridgehead atoms. The topological polar surface area (TPSA) is 78.1 Å². The van der Waals surface area contributed by atoms with Gasteiger partial charge in [0.25, 0.3) is 0 Å². The summed E-state index contributed by atoms with van der Waals surface area (Å²) < 4.78 is 9.75. The molecule has 2 aromatic heterocycles. The number of nitrogens with zero attached hydrogens (tertiary/aromatic N) is 3. The molecule has 0 radical (unpaired) electrons. The summed E-state index contributed by atoms with van der Waals surface area (Å²) in [5.41, 5.74) is 1.17. The van der Waals surface area contributed by atoms with Gasteiger partial charge >= 0.3 is 5.97 Å². The lowest BCUT2D eigenvalue weighted by Crippen LogP contribution is -2.05. The highest BCUT2D eigenvalue weighted by Gasteiger charge is 2.14. The maximum atomic E-state index is 11.5. The Kier molecular flexibility index (Phi) is 3.93. The van der Waals surface area contributed by atoms with Crippen molar-refractivity contribution in [1.29, 1.82) is 0 Å². The van der Waals surface area contributed by atoms with Gasteiger partial charge in [-0.15, -0.1) is 0 Å². The Morgan fingerprint density at radius 1 is 1.56 bits per heavy atom. The summed E-state index contributed by atoms with van der Waals surface area (Å²) in [6.45, 7) is 1.85. The average Bonchev–Trinajstić information content (AvgIpc) is 2.81. The smallest absolute Gasteiger partial charge is 0.342 e. The largest absolute Gasteiger partial charge is 0.465 e. The Labute approximate surface area is 108 Å². The first-order valence-corrected chi connectivity index (χ1v) is 6.12. The van der Waals surface area contributed by atoms with E-state index in [9.17, 15) is 4.79 Å². The van der Waals surface area contributed by atoms with Gasteiger partial charge in [-0.3, -0.25) is 0 Å². The van der Waals surface area contributed by atoms with Crippen molar-refractivity contribution >= 4 is 17.7 Å². The van der Waals surface area contributed by atoms with Gasteiger partial charge in [-0.25, -0.2) is 14.8 Å². The molecule has 0 saturated carbocycles. The van der Waals surface area contributed by atoms with Crippen LogP contribution in [0.25, 0.3) is 0 Å². The highest BCUT2D eigenvalue weighted by molar-refractivity contribution is 7.98. The molecule has 0 aromatic carbocycles. The zero-order valence-corrected chi connectivity index (χ0v) is 10.7. The maximum absolute atomic E-state index is 11.5. The van der Waals surface area contributed by atoms with Crippen LogP contribution in [-0.2, 0) is 10.5 Å².